The van der Waals surface area contributed by atoms with Crippen molar-refractivity contribution in [1.29, 1.82) is 0 Å². The SMILES string of the molecule is CCOC(=O)c1cn(CC)c2ccc3c(sc(=O)n3CC)c2c1=O. The maximum Gasteiger partial charge on any atom is 0.343 e. The average molecular weight is 346 g/mol. The standard InChI is InChI=1S/C17H18N2O4S/c1-4-18-9-10(16(21)23-6-3)14(20)13-11(18)7-8-12-15(13)24-17(22)19(12)5-2/h7-9H,4-6H2,1-3H3. The topological polar surface area (TPSA) is 70.3 Å². The fourth-order valence-corrected chi connectivity index (χ4v) is 4.01. The lowest BCUT2D eigenvalue weighted by Gasteiger charge is -2.12. The van der Waals surface area contributed by atoms with Crippen LogP contribution in [0.15, 0.2) is 27.9 Å². The van der Waals surface area contributed by atoms with Gasteiger partial charge in [0.05, 0.1) is 27.7 Å². The van der Waals surface area contributed by atoms with E-state index in [9.17, 15) is 14.4 Å². The number of fused-ring (bicyclic) bond motifs is 3. The zero-order chi connectivity index (χ0) is 17.4. The Kier molecular flexibility index (Phi) is 4.28. The fraction of sp³-hybridized carbons (Fsp3) is 0.353. The Morgan fingerprint density at radius 3 is 2.46 bits per heavy atom. The minimum atomic E-state index is -0.633. The molecule has 0 N–H and O–H groups in total. The number of aromatic nitrogens is 2. The molecule has 1 aromatic carbocycles. The van der Waals surface area contributed by atoms with E-state index >= 15 is 0 Å². The number of thiazole rings is 1. The molecule has 7 heteroatoms. The fourth-order valence-electron chi connectivity index (χ4n) is 2.91. The Morgan fingerprint density at radius 1 is 1.12 bits per heavy atom. The van der Waals surface area contributed by atoms with Crippen molar-refractivity contribution in [2.24, 2.45) is 0 Å². The van der Waals surface area contributed by atoms with Crippen LogP contribution in [0.2, 0.25) is 0 Å². The zero-order valence-corrected chi connectivity index (χ0v) is 14.6. The monoisotopic (exact) mass is 346 g/mol. The molecule has 24 heavy (non-hydrogen) atoms. The van der Waals surface area contributed by atoms with Crippen molar-refractivity contribution in [2.45, 2.75) is 33.9 Å². The van der Waals surface area contributed by atoms with Crippen molar-refractivity contribution < 1.29 is 9.53 Å². The molecule has 0 bridgehead atoms. The van der Waals surface area contributed by atoms with E-state index < -0.39 is 5.97 Å². The molecule has 0 spiro atoms. The number of hydrogen-bond donors (Lipinski definition) is 0. The van der Waals surface area contributed by atoms with Crippen LogP contribution in [0, 0.1) is 0 Å². The van der Waals surface area contributed by atoms with Crippen LogP contribution in [0.4, 0.5) is 0 Å². The molecule has 0 aliphatic heterocycles. The van der Waals surface area contributed by atoms with Crippen LogP contribution >= 0.6 is 11.3 Å². The molecule has 2 aromatic heterocycles. The summed E-state index contributed by atoms with van der Waals surface area (Å²) in [6.07, 6.45) is 1.54. The smallest absolute Gasteiger partial charge is 0.343 e. The summed E-state index contributed by atoms with van der Waals surface area (Å²) in [6.45, 7) is 6.84. The summed E-state index contributed by atoms with van der Waals surface area (Å²) < 4.78 is 9.09. The lowest BCUT2D eigenvalue weighted by Crippen LogP contribution is -2.21. The Bertz CT molecular complexity index is 1060. The second kappa shape index (κ2) is 6.24. The molecule has 126 valence electrons. The number of carbonyl (C=O) groups is 1. The van der Waals surface area contributed by atoms with E-state index in [1.54, 1.807) is 11.5 Å². The molecule has 0 saturated heterocycles. The van der Waals surface area contributed by atoms with Crippen molar-refractivity contribution in [3.8, 4) is 0 Å². The highest BCUT2D eigenvalue weighted by Gasteiger charge is 2.20. The highest BCUT2D eigenvalue weighted by atomic mass is 32.1. The van der Waals surface area contributed by atoms with Crippen LogP contribution in [0.3, 0.4) is 0 Å². The van der Waals surface area contributed by atoms with E-state index in [2.05, 4.69) is 0 Å². The summed E-state index contributed by atoms with van der Waals surface area (Å²) in [5.41, 5.74) is 1.05. The summed E-state index contributed by atoms with van der Waals surface area (Å²) >= 11 is 1.04. The third-order valence-electron chi connectivity index (χ3n) is 4.03. The van der Waals surface area contributed by atoms with Gasteiger partial charge >= 0.3 is 10.8 Å². The normalized spacial score (nSPS) is 11.3. The zero-order valence-electron chi connectivity index (χ0n) is 13.8. The van der Waals surface area contributed by atoms with Gasteiger partial charge in [0.1, 0.15) is 5.56 Å². The molecule has 0 atom stereocenters. The van der Waals surface area contributed by atoms with E-state index in [0.717, 1.165) is 16.9 Å². The van der Waals surface area contributed by atoms with E-state index in [4.69, 9.17) is 4.74 Å². The van der Waals surface area contributed by atoms with Gasteiger partial charge in [0.2, 0.25) is 5.43 Å². The van der Waals surface area contributed by atoms with Gasteiger partial charge in [-0.05, 0) is 32.9 Å². The van der Waals surface area contributed by atoms with E-state index in [1.807, 2.05) is 30.5 Å². The summed E-state index contributed by atoms with van der Waals surface area (Å²) in [4.78, 5) is 37.1. The van der Waals surface area contributed by atoms with Crippen molar-refractivity contribution in [3.63, 3.8) is 0 Å². The number of benzene rings is 1. The molecule has 0 amide bonds. The van der Waals surface area contributed by atoms with Crippen LogP contribution in [0.1, 0.15) is 31.1 Å². The Hall–Kier alpha value is -2.41. The highest BCUT2D eigenvalue weighted by molar-refractivity contribution is 7.17. The maximum absolute atomic E-state index is 12.9. The molecule has 0 unspecified atom stereocenters. The Morgan fingerprint density at radius 2 is 1.83 bits per heavy atom. The van der Waals surface area contributed by atoms with Crippen LogP contribution < -0.4 is 10.3 Å². The van der Waals surface area contributed by atoms with Crippen molar-refractivity contribution >= 4 is 38.4 Å². The molecular weight excluding hydrogens is 328 g/mol. The molecular formula is C17H18N2O4S. The van der Waals surface area contributed by atoms with Crippen molar-refractivity contribution in [3.05, 3.63) is 43.8 Å². The number of carbonyl (C=O) groups excluding carboxylic acids is 1. The molecule has 0 fully saturated rings. The number of pyridine rings is 1. The average Bonchev–Trinajstić information content (AvgIpc) is 2.90. The van der Waals surface area contributed by atoms with Crippen LogP contribution in [-0.4, -0.2) is 21.7 Å². The van der Waals surface area contributed by atoms with E-state index in [-0.39, 0.29) is 22.5 Å². The minimum Gasteiger partial charge on any atom is -0.462 e. The second-order valence-electron chi connectivity index (χ2n) is 5.30. The number of rotatable bonds is 4. The van der Waals surface area contributed by atoms with Crippen LogP contribution in [0.5, 0.6) is 0 Å². The first-order chi connectivity index (χ1) is 11.5. The lowest BCUT2D eigenvalue weighted by atomic mass is 10.1. The first kappa shape index (κ1) is 16.4. The summed E-state index contributed by atoms with van der Waals surface area (Å²) in [5.74, 6) is -0.633. The van der Waals surface area contributed by atoms with Crippen molar-refractivity contribution in [2.75, 3.05) is 6.61 Å². The highest BCUT2D eigenvalue weighted by Crippen LogP contribution is 2.26. The summed E-state index contributed by atoms with van der Waals surface area (Å²) in [5, 5.41) is 0.411. The molecule has 2 heterocycles. The number of nitrogens with zero attached hydrogens (tertiary/aromatic N) is 2. The predicted octanol–water partition coefficient (Wildman–Crippen LogP) is 2.59. The maximum atomic E-state index is 12.9. The van der Waals surface area contributed by atoms with Gasteiger partial charge in [-0.3, -0.25) is 14.2 Å². The number of aryl methyl sites for hydroxylation is 2. The Balaban J connectivity index is 2.49. The molecule has 3 rings (SSSR count). The summed E-state index contributed by atoms with van der Waals surface area (Å²) in [6, 6.07) is 3.69. The van der Waals surface area contributed by atoms with Gasteiger partial charge in [0, 0.05) is 19.3 Å². The number of ether oxygens (including phenoxy) is 1. The van der Waals surface area contributed by atoms with Crippen molar-refractivity contribution in [1.82, 2.24) is 9.13 Å². The molecule has 0 radical (unpaired) electrons. The van der Waals surface area contributed by atoms with E-state index in [1.165, 1.54) is 6.20 Å². The molecule has 3 aromatic rings. The van der Waals surface area contributed by atoms with Gasteiger partial charge in [0.15, 0.2) is 0 Å². The van der Waals surface area contributed by atoms with Crippen LogP contribution in [0.25, 0.3) is 21.1 Å². The van der Waals surface area contributed by atoms with Crippen LogP contribution in [-0.2, 0) is 17.8 Å². The predicted molar refractivity (Wildman–Crippen MR) is 95.2 cm³/mol. The lowest BCUT2D eigenvalue weighted by molar-refractivity contribution is 0.0524. The molecule has 0 saturated carbocycles. The minimum absolute atomic E-state index is 0.00241. The second-order valence-corrected chi connectivity index (χ2v) is 6.26. The third kappa shape index (κ3) is 2.36. The molecule has 6 nitrogen and oxygen atoms in total. The van der Waals surface area contributed by atoms with Gasteiger partial charge in [-0.25, -0.2) is 4.79 Å². The van der Waals surface area contributed by atoms with Gasteiger partial charge < -0.3 is 9.30 Å². The number of hydrogen-bond acceptors (Lipinski definition) is 5. The third-order valence-corrected chi connectivity index (χ3v) is 5.05. The number of esters is 1. The summed E-state index contributed by atoms with van der Waals surface area (Å²) in [7, 11) is 0. The molecule has 0 aliphatic carbocycles. The first-order valence-electron chi connectivity index (χ1n) is 7.90. The van der Waals surface area contributed by atoms with Gasteiger partial charge in [-0.15, -0.1) is 0 Å². The quantitative estimate of drug-likeness (QED) is 0.681. The Labute approximate surface area is 141 Å². The first-order valence-corrected chi connectivity index (χ1v) is 8.71. The van der Waals surface area contributed by atoms with Gasteiger partial charge in [-0.2, -0.15) is 0 Å². The van der Waals surface area contributed by atoms with E-state index in [0.29, 0.717) is 28.7 Å². The van der Waals surface area contributed by atoms with Gasteiger partial charge in [-0.1, -0.05) is 11.3 Å². The molecule has 0 aliphatic rings. The largest absolute Gasteiger partial charge is 0.462 e. The van der Waals surface area contributed by atoms with Gasteiger partial charge in [0.25, 0.3) is 0 Å².